The van der Waals surface area contributed by atoms with Crippen LogP contribution in [-0.2, 0) is 11.0 Å². The van der Waals surface area contributed by atoms with Gasteiger partial charge in [0.25, 0.3) is 0 Å². The fraction of sp³-hybridized carbons (Fsp3) is 0.429. The van der Waals surface area contributed by atoms with Gasteiger partial charge in [0.05, 0.1) is 24.1 Å². The monoisotopic (exact) mass is 550 g/mol. The highest BCUT2D eigenvalue weighted by molar-refractivity contribution is 7.99. The molecule has 3 atom stereocenters. The Morgan fingerprint density at radius 1 is 1.21 bits per heavy atom. The molecule has 0 spiro atoms. The molecular weight excluding hydrogens is 520 g/mol. The van der Waals surface area contributed by atoms with E-state index < -0.39 is 29.8 Å². The van der Waals surface area contributed by atoms with Crippen molar-refractivity contribution >= 4 is 28.6 Å². The number of halogens is 4. The molecule has 1 saturated heterocycles. The van der Waals surface area contributed by atoms with E-state index in [-0.39, 0.29) is 12.3 Å². The summed E-state index contributed by atoms with van der Waals surface area (Å²) < 4.78 is 58.9. The van der Waals surface area contributed by atoms with Crippen molar-refractivity contribution in [2.45, 2.75) is 36.5 Å². The molecule has 204 valence electrons. The van der Waals surface area contributed by atoms with Crippen LogP contribution in [0.4, 0.5) is 17.6 Å². The average Bonchev–Trinajstić information content (AvgIpc) is 2.91. The number of nitrogens with zero attached hydrogens (tertiary/aromatic N) is 2. The van der Waals surface area contributed by atoms with E-state index in [9.17, 15) is 23.1 Å². The van der Waals surface area contributed by atoms with Gasteiger partial charge in [-0.3, -0.25) is 9.78 Å². The van der Waals surface area contributed by atoms with Gasteiger partial charge in [-0.2, -0.15) is 13.2 Å². The van der Waals surface area contributed by atoms with Crippen molar-refractivity contribution in [1.29, 1.82) is 0 Å². The molecule has 1 aromatic heterocycles. The number of aromatic nitrogens is 1. The third kappa shape index (κ3) is 6.96. The number of likely N-dealkylation sites (tertiary alicyclic amines) is 1. The first-order valence-electron chi connectivity index (χ1n) is 12.5. The highest BCUT2D eigenvalue weighted by atomic mass is 32.2. The molecule has 2 heterocycles. The number of methoxy groups -OCH3 is 1. The van der Waals surface area contributed by atoms with Crippen LogP contribution in [0.5, 0.6) is 5.75 Å². The number of carboxylic acids is 1. The molecule has 38 heavy (non-hydrogen) atoms. The Labute approximate surface area is 223 Å². The molecule has 0 amide bonds. The second-order valence-electron chi connectivity index (χ2n) is 9.49. The second kappa shape index (κ2) is 12.3. The Hall–Kier alpha value is -2.85. The van der Waals surface area contributed by atoms with E-state index >= 15 is 4.39 Å². The molecule has 1 aliphatic rings. The van der Waals surface area contributed by atoms with E-state index in [1.165, 1.54) is 23.9 Å². The first-order valence-corrected chi connectivity index (χ1v) is 13.5. The molecule has 10 heteroatoms. The largest absolute Gasteiger partial charge is 0.497 e. The molecular formula is C28H30F4N2O3S. The van der Waals surface area contributed by atoms with E-state index in [1.54, 1.807) is 37.6 Å². The van der Waals surface area contributed by atoms with Crippen molar-refractivity contribution in [3.05, 3.63) is 65.9 Å². The first-order chi connectivity index (χ1) is 18.2. The molecule has 0 bridgehead atoms. The van der Waals surface area contributed by atoms with Gasteiger partial charge in [0, 0.05) is 35.3 Å². The first kappa shape index (κ1) is 28.2. The Morgan fingerprint density at radius 2 is 1.97 bits per heavy atom. The van der Waals surface area contributed by atoms with Gasteiger partial charge in [-0.15, -0.1) is 11.8 Å². The lowest BCUT2D eigenvalue weighted by molar-refractivity contribution is -0.146. The number of pyridine rings is 1. The molecule has 0 aliphatic carbocycles. The Morgan fingerprint density at radius 3 is 2.66 bits per heavy atom. The predicted molar refractivity (Wildman–Crippen MR) is 139 cm³/mol. The predicted octanol–water partition coefficient (Wildman–Crippen LogP) is 6.87. The number of rotatable bonds is 10. The Bertz CT molecular complexity index is 1240. The molecule has 3 aromatic rings. The summed E-state index contributed by atoms with van der Waals surface area (Å²) in [6, 6.07) is 12.0. The highest BCUT2D eigenvalue weighted by Crippen LogP contribution is 2.36. The van der Waals surface area contributed by atoms with Crippen LogP contribution < -0.4 is 4.74 Å². The van der Waals surface area contributed by atoms with Crippen molar-refractivity contribution in [3.63, 3.8) is 0 Å². The van der Waals surface area contributed by atoms with Crippen LogP contribution in [0.2, 0.25) is 0 Å². The summed E-state index contributed by atoms with van der Waals surface area (Å²) in [6.07, 6.45) is -2.70. The Kier molecular flexibility index (Phi) is 9.15. The lowest BCUT2D eigenvalue weighted by Gasteiger charge is -2.36. The van der Waals surface area contributed by atoms with Gasteiger partial charge >= 0.3 is 12.1 Å². The molecule has 1 fully saturated rings. The maximum Gasteiger partial charge on any atom is 0.416 e. The van der Waals surface area contributed by atoms with Crippen LogP contribution in [0.15, 0.2) is 59.6 Å². The number of hydrogen-bond donors (Lipinski definition) is 1. The fourth-order valence-electron chi connectivity index (χ4n) is 4.99. The van der Waals surface area contributed by atoms with Gasteiger partial charge < -0.3 is 14.7 Å². The summed E-state index contributed by atoms with van der Waals surface area (Å²) in [5.41, 5.74) is 0.524. The zero-order valence-electron chi connectivity index (χ0n) is 21.0. The third-order valence-corrected chi connectivity index (χ3v) is 8.12. The number of benzene rings is 2. The van der Waals surface area contributed by atoms with Gasteiger partial charge in [0.15, 0.2) is 0 Å². The number of alkyl halides is 4. The van der Waals surface area contributed by atoms with Crippen LogP contribution in [0, 0.1) is 11.8 Å². The third-order valence-electron chi connectivity index (χ3n) is 7.13. The minimum absolute atomic E-state index is 0.132. The van der Waals surface area contributed by atoms with Crippen molar-refractivity contribution in [3.8, 4) is 5.75 Å². The maximum atomic E-state index is 15.4. The quantitative estimate of drug-likeness (QED) is 0.220. The molecule has 0 unspecified atom stereocenters. The van der Waals surface area contributed by atoms with E-state index in [1.807, 2.05) is 0 Å². The minimum Gasteiger partial charge on any atom is -0.497 e. The highest BCUT2D eigenvalue weighted by Gasteiger charge is 2.34. The van der Waals surface area contributed by atoms with Crippen LogP contribution in [0.1, 0.15) is 36.6 Å². The molecule has 1 N–H and O–H groups in total. The van der Waals surface area contributed by atoms with Gasteiger partial charge in [-0.1, -0.05) is 0 Å². The van der Waals surface area contributed by atoms with E-state index in [0.717, 1.165) is 17.0 Å². The lowest BCUT2D eigenvalue weighted by Crippen LogP contribution is -2.44. The molecule has 1 aliphatic heterocycles. The lowest BCUT2D eigenvalue weighted by atomic mass is 9.81. The number of carboxylic acid groups (broad SMARTS) is 1. The molecule has 0 saturated carbocycles. The number of hydrogen-bond acceptors (Lipinski definition) is 5. The van der Waals surface area contributed by atoms with E-state index in [4.69, 9.17) is 4.74 Å². The van der Waals surface area contributed by atoms with Gasteiger partial charge in [0.1, 0.15) is 11.9 Å². The summed E-state index contributed by atoms with van der Waals surface area (Å²) in [5, 5.41) is 10.6. The van der Waals surface area contributed by atoms with Crippen molar-refractivity contribution in [2.24, 2.45) is 11.8 Å². The van der Waals surface area contributed by atoms with E-state index in [0.29, 0.717) is 60.4 Å². The zero-order valence-corrected chi connectivity index (χ0v) is 21.8. The van der Waals surface area contributed by atoms with Gasteiger partial charge in [-0.25, -0.2) is 4.39 Å². The standard InChI is InChI=1S/C28H30F4N2O3S/c1-37-20-5-9-26-23(16-20)22(10-12-33-26)25(29)8-2-18-11-13-34(17-24(18)27(35)36)14-15-38-21-6-3-19(4-7-21)28(30,31)32/h3-7,9-10,12,16,18,24-25H,2,8,11,13-15,17H2,1H3,(H,35,36)/t18-,24+,25-/m1/s1. The summed E-state index contributed by atoms with van der Waals surface area (Å²) in [6.45, 7) is 1.70. The number of ether oxygens (including phenoxy) is 1. The van der Waals surface area contributed by atoms with Gasteiger partial charge in [-0.05, 0) is 85.8 Å². The van der Waals surface area contributed by atoms with Crippen molar-refractivity contribution < 1.29 is 32.2 Å². The van der Waals surface area contributed by atoms with Crippen molar-refractivity contribution in [1.82, 2.24) is 9.88 Å². The van der Waals surface area contributed by atoms with Crippen LogP contribution in [0.25, 0.3) is 10.9 Å². The van der Waals surface area contributed by atoms with Crippen molar-refractivity contribution in [2.75, 3.05) is 32.5 Å². The summed E-state index contributed by atoms with van der Waals surface area (Å²) >= 11 is 1.44. The number of piperidine rings is 1. The SMILES string of the molecule is COc1ccc2nccc([C@H](F)CC[C@@H]3CCN(CCSc4ccc(C(F)(F)F)cc4)C[C@@H]3C(=O)O)c2c1. The van der Waals surface area contributed by atoms with E-state index in [2.05, 4.69) is 9.88 Å². The van der Waals surface area contributed by atoms with Gasteiger partial charge in [0.2, 0.25) is 0 Å². The summed E-state index contributed by atoms with van der Waals surface area (Å²) in [5.74, 6) is -0.361. The second-order valence-corrected chi connectivity index (χ2v) is 10.7. The van der Waals surface area contributed by atoms with Crippen LogP contribution in [-0.4, -0.2) is 53.5 Å². The number of aliphatic carboxylic acids is 1. The molecule has 0 radical (unpaired) electrons. The summed E-state index contributed by atoms with van der Waals surface area (Å²) in [4.78, 5) is 19.1. The topological polar surface area (TPSA) is 62.7 Å². The molecule has 4 rings (SSSR count). The molecule has 2 aromatic carbocycles. The molecule has 5 nitrogen and oxygen atoms in total. The normalized spacial score (nSPS) is 19.4. The number of carbonyl (C=O) groups is 1. The number of thioether (sulfide) groups is 1. The number of fused-ring (bicyclic) bond motifs is 1. The smallest absolute Gasteiger partial charge is 0.416 e. The fourth-order valence-corrected chi connectivity index (χ4v) is 5.91. The minimum atomic E-state index is -4.36. The van der Waals surface area contributed by atoms with Crippen LogP contribution >= 0.6 is 11.8 Å². The Balaban J connectivity index is 1.30. The van der Waals surface area contributed by atoms with Crippen LogP contribution in [0.3, 0.4) is 0 Å². The maximum absolute atomic E-state index is 15.4. The average molecular weight is 551 g/mol. The zero-order chi connectivity index (χ0) is 27.3. The summed E-state index contributed by atoms with van der Waals surface area (Å²) in [7, 11) is 1.55.